The van der Waals surface area contributed by atoms with Gasteiger partial charge in [-0.05, 0) is 0 Å². The van der Waals surface area contributed by atoms with E-state index in [1.54, 1.807) is 0 Å². The van der Waals surface area contributed by atoms with Crippen LogP contribution >= 0.6 is 0 Å². The number of carboxylic acid groups (broad SMARTS) is 1. The summed E-state index contributed by atoms with van der Waals surface area (Å²) in [6.45, 7) is -0.760. The number of nitrogens with two attached hydrogens (primary N) is 2. The van der Waals surface area contributed by atoms with Crippen molar-refractivity contribution in [2.75, 3.05) is 6.61 Å². The van der Waals surface area contributed by atoms with Gasteiger partial charge in [0.05, 0.1) is 19.1 Å². The summed E-state index contributed by atoms with van der Waals surface area (Å²) in [5, 5.41) is 19.0. The molecule has 0 bridgehead atoms. The van der Waals surface area contributed by atoms with Gasteiger partial charge in [-0.15, -0.1) is 0 Å². The molecule has 0 aliphatic carbocycles. The van der Waals surface area contributed by atoms with E-state index in [0.29, 0.717) is 0 Å². The number of primary amides is 1. The van der Waals surface area contributed by atoms with Gasteiger partial charge in [-0.2, -0.15) is 0 Å². The van der Waals surface area contributed by atoms with Gasteiger partial charge in [-0.3, -0.25) is 9.59 Å². The topological polar surface area (TPSA) is 156 Å². The summed E-state index contributed by atoms with van der Waals surface area (Å²) in [4.78, 5) is 31.9. The van der Waals surface area contributed by atoms with Crippen molar-refractivity contribution in [1.82, 2.24) is 5.32 Å². The van der Waals surface area contributed by atoms with Crippen LogP contribution in [0.15, 0.2) is 0 Å². The van der Waals surface area contributed by atoms with Gasteiger partial charge in [0.25, 0.3) is 0 Å². The Bertz CT molecular complexity index is 267. The van der Waals surface area contributed by atoms with E-state index in [1.165, 1.54) is 0 Å². The fourth-order valence-corrected chi connectivity index (χ4v) is 0.774. The number of hydrogen-bond donors (Lipinski definition) is 5. The molecule has 0 saturated heterocycles. The van der Waals surface area contributed by atoms with Crippen molar-refractivity contribution in [3.63, 3.8) is 0 Å². The minimum atomic E-state index is -1.43. The molecule has 0 aliphatic heterocycles. The first-order valence-corrected chi connectivity index (χ1v) is 4.06. The second-order valence-corrected chi connectivity index (χ2v) is 2.86. The molecule has 2 amide bonds. The SMILES string of the molecule is NC(=O)CC(N)C(=O)N[C@H](CO)C(=O)O. The van der Waals surface area contributed by atoms with Crippen molar-refractivity contribution in [2.24, 2.45) is 11.5 Å². The van der Waals surface area contributed by atoms with Crippen molar-refractivity contribution in [1.29, 1.82) is 0 Å². The first kappa shape index (κ1) is 13.3. The quantitative estimate of drug-likeness (QED) is 0.316. The summed E-state index contributed by atoms with van der Waals surface area (Å²) in [6, 6.07) is -2.65. The van der Waals surface area contributed by atoms with Gasteiger partial charge in [0.15, 0.2) is 0 Å². The standard InChI is InChI=1S/C7H13N3O5/c8-3(1-5(9)12)6(13)10-4(2-11)7(14)15/h3-4,11H,1-2,8H2,(H2,9,12)(H,10,13)(H,14,15)/t3?,4-/m1/s1. The van der Waals surface area contributed by atoms with E-state index in [0.717, 1.165) is 0 Å². The zero-order valence-corrected chi connectivity index (χ0v) is 7.84. The van der Waals surface area contributed by atoms with Crippen LogP contribution in [0.5, 0.6) is 0 Å². The van der Waals surface area contributed by atoms with E-state index < -0.39 is 36.5 Å². The van der Waals surface area contributed by atoms with E-state index in [2.05, 4.69) is 0 Å². The average molecular weight is 219 g/mol. The number of amides is 2. The summed E-state index contributed by atoms with van der Waals surface area (Å²) < 4.78 is 0. The lowest BCUT2D eigenvalue weighted by Crippen LogP contribution is -2.50. The molecular formula is C7H13N3O5. The summed E-state index contributed by atoms with van der Waals surface area (Å²) in [6.07, 6.45) is -0.385. The lowest BCUT2D eigenvalue weighted by atomic mass is 10.2. The third kappa shape index (κ3) is 4.93. The maximum Gasteiger partial charge on any atom is 0.328 e. The zero-order chi connectivity index (χ0) is 12.0. The number of carbonyl (C=O) groups is 3. The average Bonchev–Trinajstić information content (AvgIpc) is 2.11. The van der Waals surface area contributed by atoms with Crippen molar-refractivity contribution in [2.45, 2.75) is 18.5 Å². The smallest absolute Gasteiger partial charge is 0.328 e. The summed E-state index contributed by atoms with van der Waals surface area (Å²) in [5.74, 6) is -3.01. The first-order chi connectivity index (χ1) is 6.88. The third-order valence-electron chi connectivity index (χ3n) is 1.56. The van der Waals surface area contributed by atoms with E-state index in [9.17, 15) is 14.4 Å². The van der Waals surface area contributed by atoms with Crippen molar-refractivity contribution < 1.29 is 24.6 Å². The summed E-state index contributed by atoms with van der Waals surface area (Å²) >= 11 is 0. The van der Waals surface area contributed by atoms with Gasteiger partial charge in [0.2, 0.25) is 11.8 Å². The number of carboxylic acids is 1. The molecule has 2 atom stereocenters. The Labute approximate surface area is 85.2 Å². The Hall–Kier alpha value is -1.67. The predicted molar refractivity (Wildman–Crippen MR) is 48.4 cm³/mol. The lowest BCUT2D eigenvalue weighted by Gasteiger charge is -2.14. The largest absolute Gasteiger partial charge is 0.480 e. The monoisotopic (exact) mass is 219 g/mol. The number of aliphatic hydroxyl groups is 1. The predicted octanol–water partition coefficient (Wildman–Crippen LogP) is -3.25. The number of hydrogen-bond acceptors (Lipinski definition) is 5. The highest BCUT2D eigenvalue weighted by Crippen LogP contribution is 1.90. The lowest BCUT2D eigenvalue weighted by molar-refractivity contribution is -0.143. The van der Waals surface area contributed by atoms with Gasteiger partial charge >= 0.3 is 5.97 Å². The molecule has 0 fully saturated rings. The molecule has 15 heavy (non-hydrogen) atoms. The molecule has 0 heterocycles. The molecule has 0 aromatic rings. The van der Waals surface area contributed by atoms with E-state index >= 15 is 0 Å². The normalized spacial score (nSPS) is 14.0. The molecule has 8 nitrogen and oxygen atoms in total. The van der Waals surface area contributed by atoms with Crippen molar-refractivity contribution in [3.8, 4) is 0 Å². The highest BCUT2D eigenvalue weighted by Gasteiger charge is 2.23. The third-order valence-corrected chi connectivity index (χ3v) is 1.56. The van der Waals surface area contributed by atoms with Crippen molar-refractivity contribution >= 4 is 17.8 Å². The van der Waals surface area contributed by atoms with Gasteiger partial charge < -0.3 is 27.0 Å². The Morgan fingerprint density at radius 3 is 2.20 bits per heavy atom. The molecule has 8 heteroatoms. The van der Waals surface area contributed by atoms with Gasteiger partial charge in [-0.25, -0.2) is 4.79 Å². The number of nitrogens with one attached hydrogen (secondary N) is 1. The molecule has 0 aromatic heterocycles. The zero-order valence-electron chi connectivity index (χ0n) is 7.84. The molecule has 0 spiro atoms. The maximum atomic E-state index is 11.1. The van der Waals surface area contributed by atoms with Crippen LogP contribution in [-0.4, -0.2) is 46.7 Å². The number of carbonyl (C=O) groups excluding carboxylic acids is 2. The Kier molecular flexibility index (Phi) is 5.27. The molecule has 0 aromatic carbocycles. The molecular weight excluding hydrogens is 206 g/mol. The van der Waals surface area contributed by atoms with Crippen molar-refractivity contribution in [3.05, 3.63) is 0 Å². The Balaban J connectivity index is 4.21. The maximum absolute atomic E-state index is 11.1. The summed E-state index contributed by atoms with van der Waals surface area (Å²) in [7, 11) is 0. The van der Waals surface area contributed by atoms with Gasteiger partial charge in [-0.1, -0.05) is 0 Å². The fraction of sp³-hybridized carbons (Fsp3) is 0.571. The Morgan fingerprint density at radius 2 is 1.87 bits per heavy atom. The first-order valence-electron chi connectivity index (χ1n) is 4.06. The number of aliphatic carboxylic acids is 1. The van der Waals surface area contributed by atoms with Crippen LogP contribution in [0, 0.1) is 0 Å². The fourth-order valence-electron chi connectivity index (χ4n) is 0.774. The Morgan fingerprint density at radius 1 is 1.33 bits per heavy atom. The van der Waals surface area contributed by atoms with E-state index in [-0.39, 0.29) is 6.42 Å². The molecule has 0 aliphatic rings. The molecule has 86 valence electrons. The molecule has 0 radical (unpaired) electrons. The van der Waals surface area contributed by atoms with Crippen LogP contribution in [0.2, 0.25) is 0 Å². The number of rotatable bonds is 6. The molecule has 0 rings (SSSR count). The van der Waals surface area contributed by atoms with E-state index in [4.69, 9.17) is 21.7 Å². The van der Waals surface area contributed by atoms with E-state index in [1.807, 2.05) is 5.32 Å². The van der Waals surface area contributed by atoms with Crippen LogP contribution in [-0.2, 0) is 14.4 Å². The van der Waals surface area contributed by atoms with Crippen LogP contribution in [0.3, 0.4) is 0 Å². The van der Waals surface area contributed by atoms with Gasteiger partial charge in [0.1, 0.15) is 6.04 Å². The summed E-state index contributed by atoms with van der Waals surface area (Å²) in [5.41, 5.74) is 10.0. The second kappa shape index (κ2) is 5.94. The second-order valence-electron chi connectivity index (χ2n) is 2.86. The highest BCUT2D eigenvalue weighted by molar-refractivity contribution is 5.90. The molecule has 1 unspecified atom stereocenters. The van der Waals surface area contributed by atoms with Crippen LogP contribution in [0.1, 0.15) is 6.42 Å². The van der Waals surface area contributed by atoms with Crippen LogP contribution < -0.4 is 16.8 Å². The molecule has 0 saturated carbocycles. The van der Waals surface area contributed by atoms with Crippen LogP contribution in [0.25, 0.3) is 0 Å². The minimum Gasteiger partial charge on any atom is -0.480 e. The van der Waals surface area contributed by atoms with Crippen LogP contribution in [0.4, 0.5) is 0 Å². The number of aliphatic hydroxyl groups excluding tert-OH is 1. The highest BCUT2D eigenvalue weighted by atomic mass is 16.4. The minimum absolute atomic E-state index is 0.385. The molecule has 7 N–H and O–H groups in total. The van der Waals surface area contributed by atoms with Gasteiger partial charge in [0, 0.05) is 0 Å².